The molecule has 0 N–H and O–H groups in total. The van der Waals surface area contributed by atoms with E-state index in [-0.39, 0.29) is 17.9 Å². The number of carbonyl (C=O) groups excluding carboxylic acids is 2. The summed E-state index contributed by atoms with van der Waals surface area (Å²) in [6.07, 6.45) is -2.17. The van der Waals surface area contributed by atoms with Crippen LogP contribution in [0.1, 0.15) is 26.3 Å². The molecule has 2 aromatic carbocycles. The van der Waals surface area contributed by atoms with Crippen molar-refractivity contribution >= 4 is 11.8 Å². The second-order valence-electron chi connectivity index (χ2n) is 6.99. The average Bonchev–Trinajstić information content (AvgIpc) is 3.47. The largest absolute Gasteiger partial charge is 0.368 e. The highest BCUT2D eigenvalue weighted by Gasteiger charge is 2.62. The van der Waals surface area contributed by atoms with Gasteiger partial charge < -0.3 is 18.9 Å². The molecular weight excluding hydrogens is 362 g/mol. The molecule has 2 fully saturated rings. The van der Waals surface area contributed by atoms with Crippen molar-refractivity contribution in [2.75, 3.05) is 7.11 Å². The number of rotatable bonds is 5. The van der Waals surface area contributed by atoms with Gasteiger partial charge in [0.25, 0.3) is 11.8 Å². The second kappa shape index (κ2) is 6.79. The van der Waals surface area contributed by atoms with E-state index in [1.807, 2.05) is 30.3 Å². The van der Waals surface area contributed by atoms with E-state index in [1.54, 1.807) is 24.3 Å². The summed E-state index contributed by atoms with van der Waals surface area (Å²) in [6, 6.07) is 15.7. The van der Waals surface area contributed by atoms with Crippen molar-refractivity contribution in [2.24, 2.45) is 0 Å². The Balaban J connectivity index is 1.46. The number of imide groups is 1. The minimum Gasteiger partial charge on any atom is -0.368 e. The highest BCUT2D eigenvalue weighted by atomic mass is 16.8. The Kier molecular flexibility index (Phi) is 4.25. The lowest BCUT2D eigenvalue weighted by molar-refractivity contribution is -0.213. The Morgan fingerprint density at radius 1 is 0.929 bits per heavy atom. The molecule has 2 amide bonds. The van der Waals surface area contributed by atoms with Gasteiger partial charge in [-0.15, -0.1) is 0 Å². The van der Waals surface area contributed by atoms with Gasteiger partial charge in [0, 0.05) is 7.11 Å². The summed E-state index contributed by atoms with van der Waals surface area (Å²) in [5.74, 6) is -0.743. The van der Waals surface area contributed by atoms with Crippen molar-refractivity contribution in [3.63, 3.8) is 0 Å². The van der Waals surface area contributed by atoms with Crippen LogP contribution in [0.5, 0.6) is 0 Å². The standard InChI is InChI=1S/C21H19NO6/c1-25-20-15(22-18(23)13-9-5-6-10-14(13)19(22)24)16(17-21(27-17)28-20)26-11-12-7-3-2-4-8-12/h2-10,15-17,20-21H,11H2,1H3/t15-,16-,17+,20-,21-/m1/s1. The van der Waals surface area contributed by atoms with Crippen LogP contribution in [0, 0.1) is 0 Å². The molecule has 7 heteroatoms. The Hall–Kier alpha value is -2.58. The molecule has 0 unspecified atom stereocenters. The number of benzene rings is 2. The number of carbonyl (C=O) groups is 2. The molecule has 3 aliphatic heterocycles. The van der Waals surface area contributed by atoms with Crippen molar-refractivity contribution in [3.05, 3.63) is 71.3 Å². The Morgan fingerprint density at radius 3 is 2.21 bits per heavy atom. The van der Waals surface area contributed by atoms with Crippen LogP contribution in [0.15, 0.2) is 54.6 Å². The van der Waals surface area contributed by atoms with Gasteiger partial charge in [0.05, 0.1) is 17.7 Å². The molecule has 0 saturated carbocycles. The zero-order valence-electron chi connectivity index (χ0n) is 15.2. The van der Waals surface area contributed by atoms with Crippen LogP contribution < -0.4 is 0 Å². The fourth-order valence-corrected chi connectivity index (χ4v) is 3.92. The Labute approximate surface area is 161 Å². The van der Waals surface area contributed by atoms with E-state index >= 15 is 0 Å². The first-order chi connectivity index (χ1) is 13.7. The van der Waals surface area contributed by atoms with Crippen LogP contribution in [0.4, 0.5) is 0 Å². The lowest BCUT2D eigenvalue weighted by Gasteiger charge is -2.38. The average molecular weight is 381 g/mol. The van der Waals surface area contributed by atoms with Crippen LogP contribution in [0.2, 0.25) is 0 Å². The predicted octanol–water partition coefficient (Wildman–Crippen LogP) is 1.96. The summed E-state index contributed by atoms with van der Waals surface area (Å²) < 4.78 is 22.9. The maximum Gasteiger partial charge on any atom is 0.262 e. The van der Waals surface area contributed by atoms with Crippen LogP contribution >= 0.6 is 0 Å². The van der Waals surface area contributed by atoms with Crippen molar-refractivity contribution in [1.29, 1.82) is 0 Å². The van der Waals surface area contributed by atoms with Gasteiger partial charge in [-0.2, -0.15) is 0 Å². The van der Waals surface area contributed by atoms with E-state index in [0.29, 0.717) is 17.7 Å². The topological polar surface area (TPSA) is 77.6 Å². The summed E-state index contributed by atoms with van der Waals surface area (Å²) in [6.45, 7) is 0.328. The predicted molar refractivity (Wildman–Crippen MR) is 96.3 cm³/mol. The third-order valence-corrected chi connectivity index (χ3v) is 5.33. The van der Waals surface area contributed by atoms with Crippen LogP contribution in [0.3, 0.4) is 0 Å². The monoisotopic (exact) mass is 381 g/mol. The quantitative estimate of drug-likeness (QED) is 0.582. The molecule has 7 nitrogen and oxygen atoms in total. The molecule has 2 saturated heterocycles. The van der Waals surface area contributed by atoms with E-state index in [1.165, 1.54) is 12.0 Å². The van der Waals surface area contributed by atoms with E-state index in [9.17, 15) is 9.59 Å². The molecule has 5 atom stereocenters. The van der Waals surface area contributed by atoms with Crippen LogP contribution in [0.25, 0.3) is 0 Å². The number of hydrogen-bond donors (Lipinski definition) is 0. The van der Waals surface area contributed by atoms with Gasteiger partial charge in [-0.05, 0) is 17.7 Å². The molecule has 0 radical (unpaired) electrons. The zero-order valence-corrected chi connectivity index (χ0v) is 15.2. The first-order valence-electron chi connectivity index (χ1n) is 9.15. The zero-order chi connectivity index (χ0) is 19.3. The lowest BCUT2D eigenvalue weighted by Crippen LogP contribution is -2.60. The van der Waals surface area contributed by atoms with Gasteiger partial charge in [-0.3, -0.25) is 14.5 Å². The normalized spacial score (nSPS) is 30.9. The Morgan fingerprint density at radius 2 is 1.57 bits per heavy atom. The smallest absolute Gasteiger partial charge is 0.262 e. The van der Waals surface area contributed by atoms with Crippen LogP contribution in [-0.2, 0) is 25.6 Å². The first kappa shape index (κ1) is 17.5. The third-order valence-electron chi connectivity index (χ3n) is 5.33. The van der Waals surface area contributed by atoms with Gasteiger partial charge >= 0.3 is 0 Å². The molecule has 2 aromatic rings. The molecular formula is C21H19NO6. The summed E-state index contributed by atoms with van der Waals surface area (Å²) in [5, 5.41) is 0. The molecule has 144 valence electrons. The van der Waals surface area contributed by atoms with Crippen molar-refractivity contribution in [3.8, 4) is 0 Å². The first-order valence-corrected chi connectivity index (χ1v) is 9.15. The summed E-state index contributed by atoms with van der Waals surface area (Å²) in [4.78, 5) is 27.2. The van der Waals surface area contributed by atoms with Crippen molar-refractivity contribution in [2.45, 2.75) is 37.4 Å². The van der Waals surface area contributed by atoms with Crippen LogP contribution in [-0.4, -0.2) is 54.7 Å². The number of fused-ring (bicyclic) bond motifs is 2. The molecule has 0 aliphatic carbocycles. The third kappa shape index (κ3) is 2.75. The number of methoxy groups -OCH3 is 1. The van der Waals surface area contributed by atoms with Crippen molar-refractivity contribution in [1.82, 2.24) is 4.90 Å². The molecule has 5 rings (SSSR count). The minimum absolute atomic E-state index is 0.328. The molecule has 28 heavy (non-hydrogen) atoms. The minimum atomic E-state index is -0.827. The van der Waals surface area contributed by atoms with Crippen molar-refractivity contribution < 1.29 is 28.5 Å². The Bertz CT molecular complexity index is 881. The van der Waals surface area contributed by atoms with E-state index in [4.69, 9.17) is 18.9 Å². The fourth-order valence-electron chi connectivity index (χ4n) is 3.92. The number of epoxide rings is 1. The second-order valence-corrected chi connectivity index (χ2v) is 6.99. The summed E-state index contributed by atoms with van der Waals surface area (Å²) in [5.41, 5.74) is 1.74. The maximum absolute atomic E-state index is 13.0. The lowest BCUT2D eigenvalue weighted by atomic mass is 10.0. The van der Waals surface area contributed by atoms with Gasteiger partial charge in [-0.1, -0.05) is 42.5 Å². The van der Waals surface area contributed by atoms with E-state index < -0.39 is 24.7 Å². The van der Waals surface area contributed by atoms with Gasteiger partial charge in [0.1, 0.15) is 18.2 Å². The SMILES string of the molecule is CO[C@@H]1O[C@H]2O[C@H]2[C@H](OCc2ccccc2)[C@H]1N1C(=O)c2ccccc2C1=O. The fraction of sp³-hybridized carbons (Fsp3) is 0.333. The number of hydrogen-bond acceptors (Lipinski definition) is 6. The molecule has 0 bridgehead atoms. The molecule has 0 aromatic heterocycles. The van der Waals surface area contributed by atoms with Gasteiger partial charge in [0.15, 0.2) is 12.6 Å². The summed E-state index contributed by atoms with van der Waals surface area (Å²) in [7, 11) is 1.48. The number of ether oxygens (including phenoxy) is 4. The highest BCUT2D eigenvalue weighted by Crippen LogP contribution is 2.41. The molecule has 3 aliphatic rings. The summed E-state index contributed by atoms with van der Waals surface area (Å²) >= 11 is 0. The maximum atomic E-state index is 13.0. The highest BCUT2D eigenvalue weighted by molar-refractivity contribution is 6.21. The molecule has 0 spiro atoms. The van der Waals surface area contributed by atoms with Gasteiger partial charge in [-0.25, -0.2) is 0 Å². The molecule has 3 heterocycles. The number of amides is 2. The van der Waals surface area contributed by atoms with E-state index in [2.05, 4.69) is 0 Å². The number of nitrogens with zero attached hydrogens (tertiary/aromatic N) is 1. The van der Waals surface area contributed by atoms with E-state index in [0.717, 1.165) is 5.56 Å². The van der Waals surface area contributed by atoms with Gasteiger partial charge in [0.2, 0.25) is 0 Å².